The van der Waals surface area contributed by atoms with E-state index in [9.17, 15) is 9.59 Å². The maximum absolute atomic E-state index is 12.0. The minimum Gasteiger partial charge on any atom is -0.461 e. The molecule has 0 amide bonds. The molecule has 0 N–H and O–H groups in total. The molecule has 0 unspecified atom stereocenters. The first-order chi connectivity index (χ1) is 10.4. The maximum atomic E-state index is 12.0. The van der Waals surface area contributed by atoms with Gasteiger partial charge in [-0.25, -0.2) is 9.48 Å². The first kappa shape index (κ1) is 16.5. The number of hydrogen-bond donors (Lipinski definition) is 0. The van der Waals surface area contributed by atoms with Crippen LogP contribution in [-0.2, 0) is 4.74 Å². The lowest BCUT2D eigenvalue weighted by molar-refractivity contribution is 0.0516. The maximum Gasteiger partial charge on any atom is 0.359 e. The van der Waals surface area contributed by atoms with Gasteiger partial charge in [-0.3, -0.25) is 4.79 Å². The molecular weight excluding hydrogens is 327 g/mol. The molecule has 0 saturated heterocycles. The highest BCUT2D eigenvalue weighted by atomic mass is 35.5. The molecule has 0 atom stereocenters. The van der Waals surface area contributed by atoms with Gasteiger partial charge in [0.15, 0.2) is 11.5 Å². The van der Waals surface area contributed by atoms with Gasteiger partial charge < -0.3 is 4.74 Å². The van der Waals surface area contributed by atoms with Crippen molar-refractivity contribution in [2.75, 3.05) is 6.61 Å². The van der Waals surface area contributed by atoms with Crippen molar-refractivity contribution in [3.8, 4) is 5.69 Å². The third-order valence-corrected chi connectivity index (χ3v) is 3.61. The Bertz CT molecular complexity index is 753. The van der Waals surface area contributed by atoms with E-state index in [-0.39, 0.29) is 23.6 Å². The summed E-state index contributed by atoms with van der Waals surface area (Å²) in [6.45, 7) is 4.95. The van der Waals surface area contributed by atoms with Crippen molar-refractivity contribution >= 4 is 35.0 Å². The number of carbonyl (C=O) groups excluding carboxylic acids is 2. The molecule has 22 heavy (non-hydrogen) atoms. The molecule has 0 bridgehead atoms. The quantitative estimate of drug-likeness (QED) is 0.626. The third kappa shape index (κ3) is 3.00. The van der Waals surface area contributed by atoms with Crippen LogP contribution in [0, 0.1) is 6.92 Å². The van der Waals surface area contributed by atoms with Crippen molar-refractivity contribution in [3.05, 3.63) is 45.2 Å². The molecule has 5 nitrogen and oxygen atoms in total. The number of rotatable bonds is 4. The fourth-order valence-corrected chi connectivity index (χ4v) is 2.64. The highest BCUT2D eigenvalue weighted by molar-refractivity contribution is 6.35. The topological polar surface area (TPSA) is 61.2 Å². The van der Waals surface area contributed by atoms with E-state index < -0.39 is 5.97 Å². The molecule has 0 radical (unpaired) electrons. The van der Waals surface area contributed by atoms with E-state index in [1.807, 2.05) is 0 Å². The van der Waals surface area contributed by atoms with Gasteiger partial charge in [0.1, 0.15) is 0 Å². The number of aromatic nitrogens is 2. The second-order valence-corrected chi connectivity index (χ2v) is 5.44. The first-order valence-electron chi connectivity index (χ1n) is 6.59. The minimum atomic E-state index is -0.639. The second kappa shape index (κ2) is 6.50. The van der Waals surface area contributed by atoms with E-state index in [1.54, 1.807) is 32.0 Å². The van der Waals surface area contributed by atoms with Crippen LogP contribution in [-0.4, -0.2) is 28.1 Å². The van der Waals surface area contributed by atoms with Crippen LogP contribution in [0.15, 0.2) is 18.2 Å². The van der Waals surface area contributed by atoms with Crippen LogP contribution >= 0.6 is 23.2 Å². The number of Topliss-reactive ketones (excluding diaryl/α,β-unsaturated/α-hetero) is 1. The number of esters is 1. The Morgan fingerprint density at radius 1 is 1.32 bits per heavy atom. The average molecular weight is 341 g/mol. The van der Waals surface area contributed by atoms with Gasteiger partial charge in [-0.05, 0) is 39.0 Å². The lowest BCUT2D eigenvalue weighted by Crippen LogP contribution is -2.10. The summed E-state index contributed by atoms with van der Waals surface area (Å²) in [5.41, 5.74) is 1.25. The summed E-state index contributed by atoms with van der Waals surface area (Å²) in [5.74, 6) is -0.906. The van der Waals surface area contributed by atoms with Gasteiger partial charge in [0.05, 0.1) is 28.6 Å². The molecule has 2 rings (SSSR count). The predicted molar refractivity (Wildman–Crippen MR) is 84.3 cm³/mol. The summed E-state index contributed by atoms with van der Waals surface area (Å²) < 4.78 is 6.40. The first-order valence-corrected chi connectivity index (χ1v) is 7.35. The summed E-state index contributed by atoms with van der Waals surface area (Å²) in [6.07, 6.45) is 0. The average Bonchev–Trinajstić information content (AvgIpc) is 2.77. The van der Waals surface area contributed by atoms with Gasteiger partial charge in [-0.15, -0.1) is 0 Å². The van der Waals surface area contributed by atoms with Gasteiger partial charge in [-0.2, -0.15) is 5.10 Å². The van der Waals surface area contributed by atoms with Crippen molar-refractivity contribution < 1.29 is 14.3 Å². The molecule has 0 spiro atoms. The smallest absolute Gasteiger partial charge is 0.359 e. The lowest BCUT2D eigenvalue weighted by Gasteiger charge is -2.07. The van der Waals surface area contributed by atoms with Crippen LogP contribution in [0.3, 0.4) is 0 Å². The van der Waals surface area contributed by atoms with Crippen molar-refractivity contribution in [1.29, 1.82) is 0 Å². The number of nitrogens with zero attached hydrogens (tertiary/aromatic N) is 2. The number of halogens is 2. The number of ether oxygens (including phenoxy) is 1. The van der Waals surface area contributed by atoms with Gasteiger partial charge in [-0.1, -0.05) is 23.2 Å². The van der Waals surface area contributed by atoms with E-state index in [0.29, 0.717) is 21.4 Å². The zero-order valence-corrected chi connectivity index (χ0v) is 13.8. The SMILES string of the molecule is CCOC(=O)c1nn(-c2ccc(Cl)cc2Cl)c(C)c1C(C)=O. The molecule has 0 aliphatic carbocycles. The van der Waals surface area contributed by atoms with E-state index in [1.165, 1.54) is 11.6 Å². The van der Waals surface area contributed by atoms with Crippen LogP contribution < -0.4 is 0 Å². The summed E-state index contributed by atoms with van der Waals surface area (Å²) in [6, 6.07) is 4.89. The zero-order chi connectivity index (χ0) is 16.4. The molecule has 2 aromatic rings. The van der Waals surface area contributed by atoms with Gasteiger partial charge in [0.2, 0.25) is 0 Å². The monoisotopic (exact) mass is 340 g/mol. The van der Waals surface area contributed by atoms with E-state index >= 15 is 0 Å². The minimum absolute atomic E-state index is 0.0159. The highest BCUT2D eigenvalue weighted by Crippen LogP contribution is 2.27. The predicted octanol–water partition coefficient (Wildman–Crippen LogP) is 3.87. The Balaban J connectivity index is 2.65. The second-order valence-electron chi connectivity index (χ2n) is 4.59. The number of hydrogen-bond acceptors (Lipinski definition) is 4. The van der Waals surface area contributed by atoms with Crippen molar-refractivity contribution in [2.45, 2.75) is 20.8 Å². The van der Waals surface area contributed by atoms with Crippen molar-refractivity contribution in [3.63, 3.8) is 0 Å². The number of ketones is 1. The molecular formula is C15H14Cl2N2O3. The molecule has 1 aromatic carbocycles. The molecule has 0 aliphatic rings. The van der Waals surface area contributed by atoms with E-state index in [4.69, 9.17) is 27.9 Å². The summed E-state index contributed by atoms with van der Waals surface area (Å²) in [5, 5.41) is 5.05. The third-order valence-electron chi connectivity index (χ3n) is 3.08. The number of carbonyl (C=O) groups is 2. The van der Waals surface area contributed by atoms with Crippen molar-refractivity contribution in [2.24, 2.45) is 0 Å². The molecule has 0 fully saturated rings. The molecule has 1 heterocycles. The summed E-state index contributed by atoms with van der Waals surface area (Å²) >= 11 is 12.1. The van der Waals surface area contributed by atoms with Crippen LogP contribution in [0.5, 0.6) is 0 Å². The zero-order valence-electron chi connectivity index (χ0n) is 12.3. The van der Waals surface area contributed by atoms with Crippen LogP contribution in [0.4, 0.5) is 0 Å². The van der Waals surface area contributed by atoms with Crippen molar-refractivity contribution in [1.82, 2.24) is 9.78 Å². The van der Waals surface area contributed by atoms with Crippen LogP contribution in [0.1, 0.15) is 40.4 Å². The fourth-order valence-electron chi connectivity index (χ4n) is 2.15. The largest absolute Gasteiger partial charge is 0.461 e. The Labute approximate surface area is 137 Å². The highest BCUT2D eigenvalue weighted by Gasteiger charge is 2.25. The summed E-state index contributed by atoms with van der Waals surface area (Å²) in [4.78, 5) is 23.9. The van der Waals surface area contributed by atoms with E-state index in [2.05, 4.69) is 5.10 Å². The molecule has 0 saturated carbocycles. The normalized spacial score (nSPS) is 10.6. The van der Waals surface area contributed by atoms with Gasteiger partial charge in [0.25, 0.3) is 0 Å². The lowest BCUT2D eigenvalue weighted by atomic mass is 10.1. The summed E-state index contributed by atoms with van der Waals surface area (Å²) in [7, 11) is 0. The van der Waals surface area contributed by atoms with E-state index in [0.717, 1.165) is 0 Å². The molecule has 116 valence electrons. The molecule has 0 aliphatic heterocycles. The standard InChI is InChI=1S/C15H14Cl2N2O3/c1-4-22-15(21)14-13(9(3)20)8(2)19(18-14)12-6-5-10(16)7-11(12)17/h5-7H,4H2,1-3H3. The Kier molecular flexibility index (Phi) is 4.88. The van der Waals surface area contributed by atoms with Crippen LogP contribution in [0.2, 0.25) is 10.0 Å². The Morgan fingerprint density at radius 2 is 2.00 bits per heavy atom. The van der Waals surface area contributed by atoms with Gasteiger partial charge >= 0.3 is 5.97 Å². The molecule has 1 aromatic heterocycles. The molecule has 7 heteroatoms. The van der Waals surface area contributed by atoms with Crippen LogP contribution in [0.25, 0.3) is 5.69 Å². The Hall–Kier alpha value is -1.85. The fraction of sp³-hybridized carbons (Fsp3) is 0.267. The Morgan fingerprint density at radius 3 is 2.55 bits per heavy atom. The van der Waals surface area contributed by atoms with Gasteiger partial charge in [0, 0.05) is 5.02 Å². The number of benzene rings is 1.